The number of halogens is 1. The van der Waals surface area contributed by atoms with Crippen LogP contribution in [0, 0.1) is 18.7 Å². The van der Waals surface area contributed by atoms with E-state index in [0.29, 0.717) is 12.5 Å². The van der Waals surface area contributed by atoms with Crippen molar-refractivity contribution in [1.29, 1.82) is 0 Å². The summed E-state index contributed by atoms with van der Waals surface area (Å²) in [7, 11) is 0. The number of hydrogen-bond donors (Lipinski definition) is 2. The molecule has 0 aliphatic heterocycles. The first-order chi connectivity index (χ1) is 10.0. The van der Waals surface area contributed by atoms with E-state index in [-0.39, 0.29) is 17.5 Å². The Bertz CT molecular complexity index is 476. The molecule has 4 heteroatoms. The summed E-state index contributed by atoms with van der Waals surface area (Å²) in [4.78, 5) is 0. The fourth-order valence-electron chi connectivity index (χ4n) is 3.80. The molecule has 1 saturated carbocycles. The molecule has 0 bridgehead atoms. The highest BCUT2D eigenvalue weighted by Crippen LogP contribution is 2.44. The summed E-state index contributed by atoms with van der Waals surface area (Å²) in [6.45, 7) is 6.87. The van der Waals surface area contributed by atoms with Crippen LogP contribution in [0.5, 0.6) is 0 Å². The second-order valence-electron chi connectivity index (χ2n) is 6.30. The van der Waals surface area contributed by atoms with Crippen molar-refractivity contribution < 1.29 is 9.13 Å². The number of benzene rings is 1. The van der Waals surface area contributed by atoms with Gasteiger partial charge in [0.15, 0.2) is 0 Å². The molecular weight excluding hydrogens is 267 g/mol. The van der Waals surface area contributed by atoms with Crippen molar-refractivity contribution in [3.05, 3.63) is 35.1 Å². The normalized spacial score (nSPS) is 27.6. The van der Waals surface area contributed by atoms with Gasteiger partial charge in [-0.15, -0.1) is 0 Å². The first-order valence-electron chi connectivity index (χ1n) is 7.88. The number of aryl methyl sites for hydroxylation is 1. The maximum Gasteiger partial charge on any atom is 0.123 e. The number of ether oxygens (including phenoxy) is 1. The Morgan fingerprint density at radius 3 is 2.86 bits per heavy atom. The molecule has 0 aromatic heterocycles. The Kier molecular flexibility index (Phi) is 5.36. The summed E-state index contributed by atoms with van der Waals surface area (Å²) < 4.78 is 19.6. The first kappa shape index (κ1) is 16.4. The Morgan fingerprint density at radius 1 is 1.52 bits per heavy atom. The Labute approximate surface area is 127 Å². The van der Waals surface area contributed by atoms with E-state index in [2.05, 4.69) is 12.3 Å². The van der Waals surface area contributed by atoms with Crippen molar-refractivity contribution in [2.24, 2.45) is 11.8 Å². The Hall–Kier alpha value is -0.970. The summed E-state index contributed by atoms with van der Waals surface area (Å²) in [6, 6.07) is 4.78. The van der Waals surface area contributed by atoms with Gasteiger partial charge in [-0.25, -0.2) is 4.39 Å². The zero-order valence-electron chi connectivity index (χ0n) is 13.3. The predicted octanol–water partition coefficient (Wildman–Crippen LogP) is 3.62. The molecule has 0 saturated heterocycles. The molecule has 3 atom stereocenters. The topological polar surface area (TPSA) is 47.3 Å². The lowest BCUT2D eigenvalue weighted by Gasteiger charge is -2.45. The van der Waals surface area contributed by atoms with E-state index in [1.165, 1.54) is 12.5 Å². The minimum atomic E-state index is -0.302. The van der Waals surface area contributed by atoms with E-state index in [1.54, 1.807) is 6.07 Å². The van der Waals surface area contributed by atoms with Crippen LogP contribution in [0.25, 0.3) is 0 Å². The molecule has 1 aromatic carbocycles. The van der Waals surface area contributed by atoms with Crippen molar-refractivity contribution in [1.82, 2.24) is 5.43 Å². The van der Waals surface area contributed by atoms with Crippen molar-refractivity contribution in [3.8, 4) is 0 Å². The largest absolute Gasteiger partial charge is 0.373 e. The molecule has 1 aliphatic carbocycles. The van der Waals surface area contributed by atoms with Gasteiger partial charge in [-0.2, -0.15) is 0 Å². The second kappa shape index (κ2) is 6.86. The number of nitrogens with two attached hydrogens (primary N) is 1. The summed E-state index contributed by atoms with van der Waals surface area (Å²) in [5.74, 6) is 6.28. The van der Waals surface area contributed by atoms with Gasteiger partial charge in [-0.05, 0) is 55.9 Å². The van der Waals surface area contributed by atoms with Crippen LogP contribution in [-0.4, -0.2) is 12.2 Å². The van der Waals surface area contributed by atoms with Crippen LogP contribution in [0.2, 0.25) is 0 Å². The quantitative estimate of drug-likeness (QED) is 0.644. The molecule has 3 unspecified atom stereocenters. The molecule has 1 aliphatic rings. The molecule has 1 fully saturated rings. The van der Waals surface area contributed by atoms with Gasteiger partial charge in [0.2, 0.25) is 0 Å². The van der Waals surface area contributed by atoms with Crippen molar-refractivity contribution in [2.45, 2.75) is 58.1 Å². The van der Waals surface area contributed by atoms with E-state index >= 15 is 0 Å². The third-order valence-electron chi connectivity index (χ3n) is 4.66. The smallest absolute Gasteiger partial charge is 0.123 e. The van der Waals surface area contributed by atoms with E-state index in [0.717, 1.165) is 30.4 Å². The lowest BCUT2D eigenvalue weighted by molar-refractivity contribution is -0.102. The van der Waals surface area contributed by atoms with Gasteiger partial charge in [0.05, 0.1) is 11.6 Å². The highest BCUT2D eigenvalue weighted by atomic mass is 19.1. The van der Waals surface area contributed by atoms with Gasteiger partial charge in [0, 0.05) is 6.61 Å². The second-order valence-corrected chi connectivity index (χ2v) is 6.30. The Morgan fingerprint density at radius 2 is 2.29 bits per heavy atom. The zero-order valence-corrected chi connectivity index (χ0v) is 13.3. The van der Waals surface area contributed by atoms with Crippen LogP contribution < -0.4 is 11.3 Å². The molecule has 21 heavy (non-hydrogen) atoms. The van der Waals surface area contributed by atoms with Gasteiger partial charge in [-0.1, -0.05) is 25.8 Å². The number of hydrazine groups is 1. The number of nitrogens with one attached hydrogen (secondary N) is 1. The van der Waals surface area contributed by atoms with Crippen LogP contribution in [0.4, 0.5) is 4.39 Å². The van der Waals surface area contributed by atoms with Crippen LogP contribution >= 0.6 is 0 Å². The highest BCUT2D eigenvalue weighted by Gasteiger charge is 2.43. The zero-order chi connectivity index (χ0) is 15.5. The fourth-order valence-corrected chi connectivity index (χ4v) is 3.80. The molecule has 118 valence electrons. The lowest BCUT2D eigenvalue weighted by atomic mass is 9.72. The summed E-state index contributed by atoms with van der Waals surface area (Å²) in [5.41, 5.74) is 4.59. The maximum atomic E-state index is 13.4. The molecule has 0 amide bonds. The Balaban J connectivity index is 2.39. The first-order valence-corrected chi connectivity index (χ1v) is 7.88. The SMILES string of the molecule is CCOC1(C(NN)c2ccc(F)cc2C)CCCC(C)C1. The standard InChI is InChI=1S/C17H27FN2O/c1-4-21-17(9-5-6-12(2)11-17)16(20-19)15-8-7-14(18)10-13(15)3/h7-8,10,12,16,20H,4-6,9,11,19H2,1-3H3. The summed E-state index contributed by atoms with van der Waals surface area (Å²) in [5, 5.41) is 0. The van der Waals surface area contributed by atoms with Gasteiger partial charge >= 0.3 is 0 Å². The average Bonchev–Trinajstić information content (AvgIpc) is 2.42. The average molecular weight is 294 g/mol. The molecule has 0 heterocycles. The predicted molar refractivity (Wildman–Crippen MR) is 83.2 cm³/mol. The van der Waals surface area contributed by atoms with Gasteiger partial charge in [0.25, 0.3) is 0 Å². The minimum Gasteiger partial charge on any atom is -0.373 e. The van der Waals surface area contributed by atoms with E-state index in [1.807, 2.05) is 19.9 Å². The van der Waals surface area contributed by atoms with Crippen LogP contribution in [0.1, 0.15) is 56.7 Å². The third-order valence-corrected chi connectivity index (χ3v) is 4.66. The summed E-state index contributed by atoms with van der Waals surface area (Å²) in [6.07, 6.45) is 4.33. The van der Waals surface area contributed by atoms with Gasteiger partial charge in [0.1, 0.15) is 5.82 Å². The van der Waals surface area contributed by atoms with E-state index < -0.39 is 0 Å². The molecule has 3 nitrogen and oxygen atoms in total. The van der Waals surface area contributed by atoms with E-state index in [9.17, 15) is 4.39 Å². The third kappa shape index (κ3) is 3.44. The van der Waals surface area contributed by atoms with Crippen LogP contribution in [0.3, 0.4) is 0 Å². The monoisotopic (exact) mass is 294 g/mol. The molecule has 0 spiro atoms. The minimum absolute atomic E-state index is 0.110. The highest BCUT2D eigenvalue weighted by molar-refractivity contribution is 5.32. The molecular formula is C17H27FN2O. The maximum absolute atomic E-state index is 13.4. The molecule has 1 aromatic rings. The number of rotatable bonds is 5. The molecule has 3 N–H and O–H groups in total. The van der Waals surface area contributed by atoms with Gasteiger partial charge in [-0.3, -0.25) is 11.3 Å². The van der Waals surface area contributed by atoms with Crippen molar-refractivity contribution >= 4 is 0 Å². The van der Waals surface area contributed by atoms with Crippen molar-refractivity contribution in [2.75, 3.05) is 6.61 Å². The summed E-state index contributed by atoms with van der Waals surface area (Å²) >= 11 is 0. The van der Waals surface area contributed by atoms with Crippen LogP contribution in [-0.2, 0) is 4.74 Å². The van der Waals surface area contributed by atoms with Crippen molar-refractivity contribution in [3.63, 3.8) is 0 Å². The van der Waals surface area contributed by atoms with Gasteiger partial charge < -0.3 is 4.74 Å². The van der Waals surface area contributed by atoms with Crippen LogP contribution in [0.15, 0.2) is 18.2 Å². The lowest BCUT2D eigenvalue weighted by Crippen LogP contribution is -2.51. The fraction of sp³-hybridized carbons (Fsp3) is 0.647. The molecule has 2 rings (SSSR count). The molecule has 0 radical (unpaired) electrons. The van der Waals surface area contributed by atoms with E-state index in [4.69, 9.17) is 10.6 Å². The number of hydrogen-bond acceptors (Lipinski definition) is 3.